The van der Waals surface area contributed by atoms with Crippen LogP contribution in [-0.4, -0.2) is 19.5 Å². The van der Waals surface area contributed by atoms with Gasteiger partial charge in [0.15, 0.2) is 11.2 Å². The first kappa shape index (κ1) is 13.7. The lowest BCUT2D eigenvalue weighted by Crippen LogP contribution is -2.26. The Hall–Kier alpha value is -2.27. The maximum atomic E-state index is 12.6. The van der Waals surface area contributed by atoms with Crippen molar-refractivity contribution in [3.63, 3.8) is 0 Å². The van der Waals surface area contributed by atoms with Gasteiger partial charge in [-0.1, -0.05) is 11.6 Å². The molecule has 0 aliphatic heterocycles. The summed E-state index contributed by atoms with van der Waals surface area (Å²) in [5.41, 5.74) is 1.26. The van der Waals surface area contributed by atoms with Crippen LogP contribution in [0.25, 0.3) is 22.6 Å². The Labute approximate surface area is 126 Å². The van der Waals surface area contributed by atoms with Crippen LogP contribution < -0.4 is 5.56 Å². The third kappa shape index (κ3) is 2.40. The summed E-state index contributed by atoms with van der Waals surface area (Å²) in [5.74, 6) is 0.569. The minimum Gasteiger partial charge on any atom is -0.288 e. The average molecular weight is 301 g/mol. The molecule has 6 heteroatoms. The Bertz CT molecular complexity index is 856. The van der Waals surface area contributed by atoms with E-state index in [1.807, 2.05) is 26.0 Å². The Morgan fingerprint density at radius 1 is 1.10 bits per heavy atom. The molecule has 0 bridgehead atoms. The predicted octanol–water partition coefficient (Wildman–Crippen LogP) is 3.09. The third-order valence-electron chi connectivity index (χ3n) is 3.16. The van der Waals surface area contributed by atoms with E-state index in [1.165, 1.54) is 12.4 Å². The average Bonchev–Trinajstić information content (AvgIpc) is 2.47. The molecule has 1 aromatic carbocycles. The van der Waals surface area contributed by atoms with E-state index in [0.29, 0.717) is 16.5 Å². The Kier molecular flexibility index (Phi) is 3.43. The largest absolute Gasteiger partial charge is 0.288 e. The minimum atomic E-state index is -0.187. The van der Waals surface area contributed by atoms with Gasteiger partial charge in [-0.3, -0.25) is 9.36 Å². The van der Waals surface area contributed by atoms with Gasteiger partial charge in [0.25, 0.3) is 5.56 Å². The number of nitrogens with zero attached hydrogens (tertiary/aromatic N) is 4. The van der Waals surface area contributed by atoms with E-state index in [0.717, 1.165) is 5.56 Å². The van der Waals surface area contributed by atoms with Crippen molar-refractivity contribution in [1.82, 2.24) is 19.5 Å². The highest BCUT2D eigenvalue weighted by Crippen LogP contribution is 2.22. The van der Waals surface area contributed by atoms with E-state index in [9.17, 15) is 4.79 Å². The van der Waals surface area contributed by atoms with Gasteiger partial charge in [-0.15, -0.1) is 0 Å². The molecule has 0 unspecified atom stereocenters. The SMILES string of the molecule is CC(C)n1c(-c2ccc(Cl)cc2)nc2nccnc2c1=O. The summed E-state index contributed by atoms with van der Waals surface area (Å²) < 4.78 is 1.63. The molecule has 0 N–H and O–H groups in total. The van der Waals surface area contributed by atoms with Crippen molar-refractivity contribution in [1.29, 1.82) is 0 Å². The molecule has 0 radical (unpaired) electrons. The Morgan fingerprint density at radius 3 is 2.43 bits per heavy atom. The molecule has 0 saturated carbocycles. The van der Waals surface area contributed by atoms with Gasteiger partial charge in [-0.05, 0) is 38.1 Å². The van der Waals surface area contributed by atoms with Crippen LogP contribution in [0.4, 0.5) is 0 Å². The second-order valence-electron chi connectivity index (χ2n) is 4.94. The van der Waals surface area contributed by atoms with Crippen molar-refractivity contribution in [3.05, 3.63) is 52.0 Å². The van der Waals surface area contributed by atoms with E-state index in [2.05, 4.69) is 15.0 Å². The summed E-state index contributed by atoms with van der Waals surface area (Å²) in [6.07, 6.45) is 3.03. The maximum Gasteiger partial charge on any atom is 0.282 e. The van der Waals surface area contributed by atoms with Gasteiger partial charge in [0.05, 0.1) is 0 Å². The zero-order chi connectivity index (χ0) is 15.0. The van der Waals surface area contributed by atoms with Gasteiger partial charge < -0.3 is 0 Å². The molecule has 0 spiro atoms. The first-order valence-electron chi connectivity index (χ1n) is 6.57. The fraction of sp³-hybridized carbons (Fsp3) is 0.200. The molecular weight excluding hydrogens is 288 g/mol. The molecule has 106 valence electrons. The summed E-state index contributed by atoms with van der Waals surface area (Å²) in [5, 5.41) is 0.637. The minimum absolute atomic E-state index is 0.0397. The standard InChI is InChI=1S/C15H13ClN4O/c1-9(2)20-14(10-3-5-11(16)6-4-10)19-13-12(15(20)21)17-7-8-18-13/h3-9H,1-2H3. The quantitative estimate of drug-likeness (QED) is 0.729. The summed E-state index contributed by atoms with van der Waals surface area (Å²) in [6, 6.07) is 7.18. The van der Waals surface area contributed by atoms with Crippen molar-refractivity contribution in [2.45, 2.75) is 19.9 Å². The van der Waals surface area contributed by atoms with E-state index < -0.39 is 0 Å². The number of hydrogen-bond donors (Lipinski definition) is 0. The zero-order valence-corrected chi connectivity index (χ0v) is 12.4. The van der Waals surface area contributed by atoms with Crippen molar-refractivity contribution < 1.29 is 0 Å². The molecular formula is C15H13ClN4O. The molecule has 0 fully saturated rings. The molecule has 0 atom stereocenters. The van der Waals surface area contributed by atoms with Crippen molar-refractivity contribution >= 4 is 22.8 Å². The molecule has 3 aromatic rings. The second kappa shape index (κ2) is 5.26. The maximum absolute atomic E-state index is 12.6. The predicted molar refractivity (Wildman–Crippen MR) is 82.4 cm³/mol. The van der Waals surface area contributed by atoms with Crippen LogP contribution in [0.5, 0.6) is 0 Å². The number of fused-ring (bicyclic) bond motifs is 1. The first-order valence-corrected chi connectivity index (χ1v) is 6.95. The first-order chi connectivity index (χ1) is 10.1. The van der Waals surface area contributed by atoms with Crippen molar-refractivity contribution in [3.8, 4) is 11.4 Å². The lowest BCUT2D eigenvalue weighted by molar-refractivity contribution is 0.579. The fourth-order valence-electron chi connectivity index (χ4n) is 2.21. The molecule has 5 nitrogen and oxygen atoms in total. The van der Waals surface area contributed by atoms with Crippen LogP contribution in [-0.2, 0) is 0 Å². The highest BCUT2D eigenvalue weighted by Gasteiger charge is 2.16. The number of hydrogen-bond acceptors (Lipinski definition) is 4. The molecule has 0 amide bonds. The second-order valence-corrected chi connectivity index (χ2v) is 5.38. The highest BCUT2D eigenvalue weighted by atomic mass is 35.5. The van der Waals surface area contributed by atoms with Crippen molar-refractivity contribution in [2.24, 2.45) is 0 Å². The molecule has 2 heterocycles. The fourth-order valence-corrected chi connectivity index (χ4v) is 2.34. The van der Waals surface area contributed by atoms with Crippen LogP contribution >= 0.6 is 11.6 Å². The lowest BCUT2D eigenvalue weighted by atomic mass is 10.2. The van der Waals surface area contributed by atoms with Crippen LogP contribution in [0, 0.1) is 0 Å². The van der Waals surface area contributed by atoms with Crippen LogP contribution in [0.1, 0.15) is 19.9 Å². The summed E-state index contributed by atoms with van der Waals surface area (Å²) in [7, 11) is 0. The van der Waals surface area contributed by atoms with E-state index in [1.54, 1.807) is 16.7 Å². The van der Waals surface area contributed by atoms with Gasteiger partial charge in [-0.25, -0.2) is 15.0 Å². The number of benzene rings is 1. The molecule has 0 saturated heterocycles. The molecule has 21 heavy (non-hydrogen) atoms. The monoisotopic (exact) mass is 300 g/mol. The van der Waals surface area contributed by atoms with Gasteiger partial charge in [-0.2, -0.15) is 0 Å². The molecule has 0 aliphatic carbocycles. The smallest absolute Gasteiger partial charge is 0.282 e. The van der Waals surface area contributed by atoms with Crippen molar-refractivity contribution in [2.75, 3.05) is 0 Å². The lowest BCUT2D eigenvalue weighted by Gasteiger charge is -2.16. The van der Waals surface area contributed by atoms with E-state index in [-0.39, 0.29) is 17.1 Å². The Balaban J connectivity index is 2.38. The van der Waals surface area contributed by atoms with Gasteiger partial charge in [0, 0.05) is 29.0 Å². The normalized spacial score (nSPS) is 11.2. The van der Waals surface area contributed by atoms with Gasteiger partial charge in [0.1, 0.15) is 5.82 Å². The van der Waals surface area contributed by atoms with Crippen LogP contribution in [0.3, 0.4) is 0 Å². The van der Waals surface area contributed by atoms with E-state index >= 15 is 0 Å². The summed E-state index contributed by atoms with van der Waals surface area (Å²) in [4.78, 5) is 25.4. The molecule has 3 rings (SSSR count). The third-order valence-corrected chi connectivity index (χ3v) is 3.41. The van der Waals surface area contributed by atoms with Crippen LogP contribution in [0.15, 0.2) is 41.5 Å². The highest BCUT2D eigenvalue weighted by molar-refractivity contribution is 6.30. The number of halogens is 1. The number of rotatable bonds is 2. The van der Waals surface area contributed by atoms with E-state index in [4.69, 9.17) is 11.6 Å². The topological polar surface area (TPSA) is 60.7 Å². The number of aromatic nitrogens is 4. The Morgan fingerprint density at radius 2 is 1.76 bits per heavy atom. The summed E-state index contributed by atoms with van der Waals surface area (Å²) >= 11 is 5.92. The molecule has 0 aliphatic rings. The summed E-state index contributed by atoms with van der Waals surface area (Å²) in [6.45, 7) is 3.87. The van der Waals surface area contributed by atoms with Gasteiger partial charge in [0.2, 0.25) is 0 Å². The zero-order valence-electron chi connectivity index (χ0n) is 11.6. The molecule has 2 aromatic heterocycles. The van der Waals surface area contributed by atoms with Gasteiger partial charge >= 0.3 is 0 Å². The van der Waals surface area contributed by atoms with Crippen LogP contribution in [0.2, 0.25) is 5.02 Å².